The molecule has 2 rings (SSSR count). The molecule has 1 aromatic heterocycles. The highest BCUT2D eigenvalue weighted by Gasteiger charge is 2.22. The third-order valence-electron chi connectivity index (χ3n) is 3.77. The van der Waals surface area contributed by atoms with E-state index in [-0.39, 0.29) is 29.9 Å². The maximum Gasteiger partial charge on any atom is 0.325 e. The van der Waals surface area contributed by atoms with E-state index < -0.39 is 16.0 Å². The van der Waals surface area contributed by atoms with Gasteiger partial charge in [-0.25, -0.2) is 8.42 Å². The maximum absolute atomic E-state index is 12.5. The summed E-state index contributed by atoms with van der Waals surface area (Å²) < 4.78 is 36.7. The molecule has 0 aliphatic rings. The number of rotatable bonds is 9. The van der Waals surface area contributed by atoms with Crippen LogP contribution in [-0.4, -0.2) is 59.0 Å². The molecule has 1 amide bonds. The van der Waals surface area contributed by atoms with Crippen LogP contribution in [0.25, 0.3) is 0 Å². The molecule has 1 heterocycles. The Labute approximate surface area is 168 Å². The number of thiophene rings is 1. The van der Waals surface area contributed by atoms with Crippen molar-refractivity contribution in [2.45, 2.75) is 11.1 Å². The minimum atomic E-state index is -3.61. The van der Waals surface area contributed by atoms with Gasteiger partial charge in [0.2, 0.25) is 0 Å². The number of carbonyl (C=O) groups is 2. The van der Waals surface area contributed by atoms with Crippen LogP contribution in [0, 0.1) is 0 Å². The number of sulfonamides is 1. The molecule has 0 atom stereocenters. The quantitative estimate of drug-likeness (QED) is 0.569. The molecule has 0 saturated heterocycles. The Bertz CT molecular complexity index is 895. The second-order valence-electron chi connectivity index (χ2n) is 5.74. The Morgan fingerprint density at radius 3 is 2.36 bits per heavy atom. The molecule has 0 spiro atoms. The number of amides is 1. The minimum absolute atomic E-state index is 0.152. The molecule has 0 N–H and O–H groups in total. The van der Waals surface area contributed by atoms with Gasteiger partial charge in [0.05, 0.1) is 12.3 Å². The molecule has 0 bridgehead atoms. The molecule has 2 aromatic rings. The largest absolute Gasteiger partial charge is 0.484 e. The van der Waals surface area contributed by atoms with Crippen LogP contribution < -0.4 is 9.04 Å². The average Bonchev–Trinajstić information content (AvgIpc) is 3.21. The van der Waals surface area contributed by atoms with E-state index in [1.54, 1.807) is 48.7 Å². The van der Waals surface area contributed by atoms with E-state index in [0.29, 0.717) is 11.4 Å². The predicted octanol–water partition coefficient (Wildman–Crippen LogP) is 1.97. The van der Waals surface area contributed by atoms with Crippen molar-refractivity contribution in [3.05, 3.63) is 41.8 Å². The Hall–Kier alpha value is -2.59. The van der Waals surface area contributed by atoms with Crippen LogP contribution >= 0.6 is 11.3 Å². The fourth-order valence-electron chi connectivity index (χ4n) is 2.18. The third-order valence-corrected chi connectivity index (χ3v) is 6.93. The molecular formula is C18H22N2O6S2. The molecule has 152 valence electrons. The van der Waals surface area contributed by atoms with E-state index in [4.69, 9.17) is 9.47 Å². The van der Waals surface area contributed by atoms with E-state index in [2.05, 4.69) is 0 Å². The number of likely N-dealkylation sites (N-methyl/N-ethyl adjacent to an activating group) is 1. The van der Waals surface area contributed by atoms with Crippen molar-refractivity contribution in [2.75, 3.05) is 38.2 Å². The van der Waals surface area contributed by atoms with Crippen LogP contribution in [0.2, 0.25) is 0 Å². The van der Waals surface area contributed by atoms with Gasteiger partial charge >= 0.3 is 5.97 Å². The molecular weight excluding hydrogens is 404 g/mol. The van der Waals surface area contributed by atoms with Gasteiger partial charge in [0.1, 0.15) is 16.5 Å². The van der Waals surface area contributed by atoms with Crippen molar-refractivity contribution in [3.8, 4) is 5.75 Å². The molecule has 0 aliphatic heterocycles. The van der Waals surface area contributed by atoms with E-state index >= 15 is 0 Å². The second-order valence-corrected chi connectivity index (χ2v) is 8.89. The predicted molar refractivity (Wildman–Crippen MR) is 106 cm³/mol. The lowest BCUT2D eigenvalue weighted by molar-refractivity contribution is -0.148. The van der Waals surface area contributed by atoms with Crippen molar-refractivity contribution < 1.29 is 27.5 Å². The van der Waals surface area contributed by atoms with E-state index in [1.807, 2.05) is 0 Å². The Morgan fingerprint density at radius 2 is 1.79 bits per heavy atom. The smallest absolute Gasteiger partial charge is 0.325 e. The van der Waals surface area contributed by atoms with Crippen molar-refractivity contribution in [2.24, 2.45) is 0 Å². The van der Waals surface area contributed by atoms with Gasteiger partial charge in [0.15, 0.2) is 6.61 Å². The van der Waals surface area contributed by atoms with Crippen LogP contribution in [0.1, 0.15) is 6.92 Å². The average molecular weight is 427 g/mol. The fourth-order valence-corrected chi connectivity index (χ4v) is 4.54. The molecule has 10 heteroatoms. The van der Waals surface area contributed by atoms with Crippen molar-refractivity contribution in [1.29, 1.82) is 0 Å². The lowest BCUT2D eigenvalue weighted by Gasteiger charge is -2.19. The molecule has 1 aromatic carbocycles. The summed E-state index contributed by atoms with van der Waals surface area (Å²) in [6.45, 7) is 1.54. The molecule has 0 fully saturated rings. The van der Waals surface area contributed by atoms with Crippen molar-refractivity contribution in [1.82, 2.24) is 4.90 Å². The van der Waals surface area contributed by atoms with Gasteiger partial charge in [0.25, 0.3) is 15.9 Å². The van der Waals surface area contributed by atoms with Gasteiger partial charge in [-0.1, -0.05) is 6.07 Å². The summed E-state index contributed by atoms with van der Waals surface area (Å²) in [7, 11) is -0.655. The first-order valence-corrected chi connectivity index (χ1v) is 10.7. The zero-order chi connectivity index (χ0) is 20.7. The van der Waals surface area contributed by atoms with Gasteiger partial charge in [-0.3, -0.25) is 13.9 Å². The van der Waals surface area contributed by atoms with Crippen LogP contribution in [0.5, 0.6) is 5.75 Å². The number of esters is 1. The highest BCUT2D eigenvalue weighted by Crippen LogP contribution is 2.26. The lowest BCUT2D eigenvalue weighted by atomic mass is 10.3. The summed E-state index contributed by atoms with van der Waals surface area (Å²) in [5, 5.41) is 1.70. The number of ether oxygens (including phenoxy) is 2. The van der Waals surface area contributed by atoms with Crippen LogP contribution in [0.3, 0.4) is 0 Å². The highest BCUT2D eigenvalue weighted by atomic mass is 32.2. The first kappa shape index (κ1) is 21.7. The number of hydrogen-bond donors (Lipinski definition) is 0. The Balaban J connectivity index is 1.94. The molecule has 0 saturated carbocycles. The fraction of sp³-hybridized carbons (Fsp3) is 0.333. The van der Waals surface area contributed by atoms with Gasteiger partial charge in [-0.05, 0) is 42.6 Å². The molecule has 0 radical (unpaired) electrons. The van der Waals surface area contributed by atoms with Gasteiger partial charge in [0, 0.05) is 14.1 Å². The molecule has 0 unspecified atom stereocenters. The summed E-state index contributed by atoms with van der Waals surface area (Å²) in [6, 6.07) is 9.56. The second kappa shape index (κ2) is 9.56. The van der Waals surface area contributed by atoms with Crippen molar-refractivity contribution >= 4 is 38.9 Å². The van der Waals surface area contributed by atoms with Crippen molar-refractivity contribution in [3.63, 3.8) is 0 Å². The highest BCUT2D eigenvalue weighted by molar-refractivity contribution is 7.94. The number of hydrogen-bond acceptors (Lipinski definition) is 7. The normalized spacial score (nSPS) is 11.0. The summed E-state index contributed by atoms with van der Waals surface area (Å²) >= 11 is 1.15. The zero-order valence-electron chi connectivity index (χ0n) is 15.8. The number of anilines is 1. The first-order chi connectivity index (χ1) is 13.3. The van der Waals surface area contributed by atoms with Crippen LogP contribution in [-0.2, 0) is 24.3 Å². The SMILES string of the molecule is CCOC(=O)CN(C)C(=O)COc1ccc(N(C)S(=O)(=O)c2cccs2)cc1. The summed E-state index contributed by atoms with van der Waals surface area (Å²) in [5.74, 6) is -0.462. The van der Waals surface area contributed by atoms with Gasteiger partial charge < -0.3 is 14.4 Å². The Morgan fingerprint density at radius 1 is 1.11 bits per heavy atom. The summed E-state index contributed by atoms with van der Waals surface area (Å²) in [4.78, 5) is 24.6. The van der Waals surface area contributed by atoms with E-state index in [0.717, 1.165) is 11.3 Å². The van der Waals surface area contributed by atoms with E-state index in [9.17, 15) is 18.0 Å². The Kier molecular flexibility index (Phi) is 7.41. The number of nitrogens with zero attached hydrogens (tertiary/aromatic N) is 2. The topological polar surface area (TPSA) is 93.2 Å². The number of benzene rings is 1. The van der Waals surface area contributed by atoms with Crippen LogP contribution in [0.15, 0.2) is 46.0 Å². The van der Waals surface area contributed by atoms with Gasteiger partial charge in [-0.2, -0.15) is 0 Å². The maximum atomic E-state index is 12.5. The minimum Gasteiger partial charge on any atom is -0.484 e. The number of carbonyl (C=O) groups excluding carboxylic acids is 2. The third kappa shape index (κ3) is 5.46. The molecule has 0 aliphatic carbocycles. The first-order valence-electron chi connectivity index (χ1n) is 8.40. The van der Waals surface area contributed by atoms with Gasteiger partial charge in [-0.15, -0.1) is 11.3 Å². The zero-order valence-corrected chi connectivity index (χ0v) is 17.5. The molecule has 28 heavy (non-hydrogen) atoms. The summed E-state index contributed by atoms with van der Waals surface area (Å²) in [6.07, 6.45) is 0. The lowest BCUT2D eigenvalue weighted by Crippen LogP contribution is -2.36. The van der Waals surface area contributed by atoms with Crippen LogP contribution in [0.4, 0.5) is 5.69 Å². The molecule has 8 nitrogen and oxygen atoms in total. The summed E-state index contributed by atoms with van der Waals surface area (Å²) in [5.41, 5.74) is 0.464. The standard InChI is InChI=1S/C18H22N2O6S2/c1-4-25-17(22)12-19(2)16(21)13-26-15-9-7-14(8-10-15)20(3)28(23,24)18-6-5-11-27-18/h5-11H,4,12-13H2,1-3H3. The monoisotopic (exact) mass is 426 g/mol. The van der Waals surface area contributed by atoms with E-state index in [1.165, 1.54) is 23.3 Å².